The van der Waals surface area contributed by atoms with Crippen LogP contribution in [0.25, 0.3) is 0 Å². The summed E-state index contributed by atoms with van der Waals surface area (Å²) in [7, 11) is 0. The first-order valence-electron chi connectivity index (χ1n) is 0. The van der Waals surface area contributed by atoms with Crippen LogP contribution < -0.4 is 0 Å². The van der Waals surface area contributed by atoms with E-state index in [1.165, 1.54) is 0 Å². The molecular formula is H10CoMnNiO10W-4. The molecule has 2 radical (unpaired) electrons. The van der Waals surface area contributed by atoms with Crippen LogP contribution >= 0.6 is 0 Å². The zero-order chi connectivity index (χ0) is 0. The standard InChI is InChI=1S/Co.Mn.Ni.10H2O.W/h;;;10*1H2;/q3*+2;;;;;;;;;;;/p-10. The van der Waals surface area contributed by atoms with Crippen LogP contribution in [0.1, 0.15) is 0 Å². The van der Waals surface area contributed by atoms with Crippen LogP contribution in [0.5, 0.6) is 0 Å². The van der Waals surface area contributed by atoms with Gasteiger partial charge < -0.3 is 54.8 Å². The first kappa shape index (κ1) is 1060. The molecule has 0 aliphatic rings. The SMILES string of the molecule is [Co+2].[Mn+2].[Ni+2].[OH-].[OH-].[OH-].[OH-].[OH-].[OH-].[OH-].[OH-].[OH-].[OH-].[W]. The molecule has 14 heavy (non-hydrogen) atoms. The Kier molecular flexibility index (Phi) is 65400. The molecule has 0 aliphatic carbocycles. The minimum absolute atomic E-state index is 0. The van der Waals surface area contributed by atoms with Crippen molar-refractivity contribution < 1.29 is 126 Å². The van der Waals surface area contributed by atoms with Gasteiger partial charge in [-0.05, 0) is 0 Å². The van der Waals surface area contributed by atoms with E-state index < -0.39 is 0 Å². The van der Waals surface area contributed by atoms with Crippen molar-refractivity contribution >= 4 is 0 Å². The molecule has 0 bridgehead atoms. The van der Waals surface area contributed by atoms with Gasteiger partial charge in [-0.3, -0.25) is 0 Å². The van der Waals surface area contributed by atoms with Gasteiger partial charge in [0.2, 0.25) is 0 Å². The van der Waals surface area contributed by atoms with E-state index in [1.807, 2.05) is 0 Å². The number of hydrogen-bond donors (Lipinski definition) is 0. The van der Waals surface area contributed by atoms with E-state index >= 15 is 0 Å². The first-order valence-corrected chi connectivity index (χ1v) is 0. The summed E-state index contributed by atoms with van der Waals surface area (Å²) in [5.74, 6) is 0. The van der Waals surface area contributed by atoms with Crippen LogP contribution in [0.3, 0.4) is 0 Å². The predicted octanol–water partition coefficient (Wildman–Crippen LogP) is -1.78. The van der Waals surface area contributed by atoms with Gasteiger partial charge in [-0.15, -0.1) is 0 Å². The molecule has 0 aromatic carbocycles. The molecule has 0 saturated heterocycles. The van der Waals surface area contributed by atoms with Crippen molar-refractivity contribution in [1.82, 2.24) is 0 Å². The maximum absolute atomic E-state index is 0. The molecule has 14 heteroatoms. The summed E-state index contributed by atoms with van der Waals surface area (Å²) in [6.07, 6.45) is 0. The summed E-state index contributed by atoms with van der Waals surface area (Å²) in [6.45, 7) is 0. The van der Waals surface area contributed by atoms with Crippen molar-refractivity contribution in [3.63, 3.8) is 0 Å². The molecule has 10 nitrogen and oxygen atoms in total. The predicted molar refractivity (Wildman–Crippen MR) is 19.4 cm³/mol. The van der Waals surface area contributed by atoms with Crippen molar-refractivity contribution in [3.05, 3.63) is 0 Å². The van der Waals surface area contributed by atoms with Gasteiger partial charge in [0, 0.05) is 21.1 Å². The van der Waals surface area contributed by atoms with Crippen LogP contribution in [0.15, 0.2) is 0 Å². The molecule has 0 aliphatic heterocycles. The van der Waals surface area contributed by atoms with Crippen LogP contribution in [0.4, 0.5) is 0 Å². The van der Waals surface area contributed by atoms with Gasteiger partial charge in [-0.25, -0.2) is 0 Å². The van der Waals surface area contributed by atoms with Gasteiger partial charge in [-0.1, -0.05) is 0 Å². The van der Waals surface area contributed by atoms with Crippen molar-refractivity contribution in [2.24, 2.45) is 0 Å². The second-order valence-corrected chi connectivity index (χ2v) is 0. The average Bonchev–Trinajstić information content (AvgIpc) is 0. The monoisotopic (exact) mass is 526 g/mol. The van der Waals surface area contributed by atoms with Crippen molar-refractivity contribution in [3.8, 4) is 0 Å². The van der Waals surface area contributed by atoms with E-state index in [1.54, 1.807) is 0 Å². The van der Waals surface area contributed by atoms with Crippen LogP contribution in [0, 0.1) is 0 Å². The second-order valence-electron chi connectivity index (χ2n) is 0. The Balaban J connectivity index is 0. The fourth-order valence-electron chi connectivity index (χ4n) is 0. The Labute approximate surface area is 126 Å². The molecule has 0 fully saturated rings. The van der Waals surface area contributed by atoms with E-state index in [0.29, 0.717) is 0 Å². The minimum atomic E-state index is 0. The molecule has 0 atom stereocenters. The zero-order valence-corrected chi connectivity index (χ0v) is 12.1. The summed E-state index contributed by atoms with van der Waals surface area (Å²) >= 11 is 0. The molecule has 10 N–H and O–H groups in total. The first-order chi connectivity index (χ1) is 0. The maximum atomic E-state index is 0. The van der Waals surface area contributed by atoms with Crippen molar-refractivity contribution in [2.75, 3.05) is 0 Å². The summed E-state index contributed by atoms with van der Waals surface area (Å²) in [5, 5.41) is 0. The average molecular weight is 526 g/mol. The molecule has 106 valence electrons. The molecule has 0 aromatic rings. The van der Waals surface area contributed by atoms with Gasteiger partial charge in [-0.2, -0.15) is 0 Å². The Hall–Kier alpha value is 1.81. The quantitative estimate of drug-likeness (QED) is 0.319. The molecule has 0 heterocycles. The van der Waals surface area contributed by atoms with Crippen LogP contribution in [0.2, 0.25) is 0 Å². The van der Waals surface area contributed by atoms with Gasteiger partial charge in [0.25, 0.3) is 0 Å². The van der Waals surface area contributed by atoms with E-state index in [4.69, 9.17) is 0 Å². The Bertz CT molecular complexity index is 20.1. The van der Waals surface area contributed by atoms with Crippen molar-refractivity contribution in [1.29, 1.82) is 0 Å². The topological polar surface area (TPSA) is 300 Å². The number of hydrogen-bond acceptors (Lipinski definition) is 10. The van der Waals surface area contributed by atoms with E-state index in [9.17, 15) is 0 Å². The zero-order valence-electron chi connectivity index (χ0n) is 5.91. The fraction of sp³-hybridized carbons (Fsp3) is 0. The number of rotatable bonds is 0. The molecule has 0 unspecified atom stereocenters. The molecule has 0 saturated carbocycles. The van der Waals surface area contributed by atoms with E-state index in [2.05, 4.69) is 0 Å². The molecule has 0 aromatic heterocycles. The van der Waals surface area contributed by atoms with Crippen LogP contribution in [-0.4, -0.2) is 54.8 Å². The maximum Gasteiger partial charge on any atom is 2.00 e. The van der Waals surface area contributed by atoms with Gasteiger partial charge in [0.15, 0.2) is 0 Å². The molecule has 0 rings (SSSR count). The smallest absolute Gasteiger partial charge is 0.870 e. The summed E-state index contributed by atoms with van der Waals surface area (Å²) in [5.41, 5.74) is 0. The second kappa shape index (κ2) is 864. The molecule has 0 spiro atoms. The Morgan fingerprint density at radius 1 is 0.357 bits per heavy atom. The third-order valence-electron chi connectivity index (χ3n) is 0. The summed E-state index contributed by atoms with van der Waals surface area (Å²) in [4.78, 5) is 0. The van der Waals surface area contributed by atoms with Gasteiger partial charge in [0.05, 0.1) is 0 Å². The van der Waals surface area contributed by atoms with Gasteiger partial charge in [0.1, 0.15) is 0 Å². The molecule has 0 amide bonds. The van der Waals surface area contributed by atoms with Crippen molar-refractivity contribution in [2.45, 2.75) is 0 Å². The minimum Gasteiger partial charge on any atom is -0.870 e. The third kappa shape index (κ3) is 693. The van der Waals surface area contributed by atoms with Crippen LogP contribution in [-0.2, 0) is 71.4 Å². The van der Waals surface area contributed by atoms with Gasteiger partial charge >= 0.3 is 50.3 Å². The molecular weight excluding hydrogens is 516 g/mol. The summed E-state index contributed by atoms with van der Waals surface area (Å²) < 4.78 is 0. The third-order valence-corrected chi connectivity index (χ3v) is 0. The fourth-order valence-corrected chi connectivity index (χ4v) is 0. The van der Waals surface area contributed by atoms with E-state index in [0.717, 1.165) is 0 Å². The Morgan fingerprint density at radius 2 is 0.357 bits per heavy atom. The summed E-state index contributed by atoms with van der Waals surface area (Å²) in [6, 6.07) is 0. The van der Waals surface area contributed by atoms with E-state index in [-0.39, 0.29) is 126 Å². The largest absolute Gasteiger partial charge is 2.00 e. The normalized spacial score (nSPS) is 0. The Morgan fingerprint density at radius 3 is 0.357 bits per heavy atom.